The van der Waals surface area contributed by atoms with Crippen molar-refractivity contribution in [1.29, 1.82) is 0 Å². The Bertz CT molecular complexity index is 1450. The molecule has 10 nitrogen and oxygen atoms in total. The van der Waals surface area contributed by atoms with Gasteiger partial charge in [0, 0.05) is 39.4 Å². The first-order valence-corrected chi connectivity index (χ1v) is 14.5. The number of anilines is 4. The molecule has 0 unspecified atom stereocenters. The Kier molecular flexibility index (Phi) is 10.4. The first kappa shape index (κ1) is 31.9. The number of halogens is 3. The van der Waals surface area contributed by atoms with Crippen LogP contribution in [0.3, 0.4) is 0 Å². The molecule has 41 heavy (non-hydrogen) atoms. The molecule has 14 heteroatoms. The van der Waals surface area contributed by atoms with Gasteiger partial charge in [-0.25, -0.2) is 13.4 Å². The molecule has 0 amide bonds. The molecule has 1 heterocycles. The summed E-state index contributed by atoms with van der Waals surface area (Å²) in [7, 11) is 3.27. The normalized spacial score (nSPS) is 12.0. The summed E-state index contributed by atoms with van der Waals surface area (Å²) in [5, 5.41) is 9.00. The maximum Gasteiger partial charge on any atom is 0.421 e. The number of nitrogens with one attached hydrogen (secondary N) is 3. The number of aryl methyl sites for hydroxylation is 1. The van der Waals surface area contributed by atoms with Crippen LogP contribution in [0.15, 0.2) is 42.6 Å². The Morgan fingerprint density at radius 2 is 1.78 bits per heavy atom. The summed E-state index contributed by atoms with van der Waals surface area (Å²) < 4.78 is 72.4. The van der Waals surface area contributed by atoms with Gasteiger partial charge >= 0.3 is 6.18 Å². The minimum atomic E-state index is -4.72. The van der Waals surface area contributed by atoms with Crippen LogP contribution in [0.25, 0.3) is 0 Å². The summed E-state index contributed by atoms with van der Waals surface area (Å²) in [5.74, 6) is -0.0553. The fourth-order valence-corrected chi connectivity index (χ4v) is 4.39. The van der Waals surface area contributed by atoms with E-state index in [1.165, 1.54) is 14.2 Å². The zero-order valence-electron chi connectivity index (χ0n) is 23.9. The minimum Gasteiger partial charge on any atom is -0.495 e. The van der Waals surface area contributed by atoms with E-state index in [2.05, 4.69) is 30.8 Å². The fourth-order valence-electron chi connectivity index (χ4n) is 3.86. The first-order chi connectivity index (χ1) is 19.2. The van der Waals surface area contributed by atoms with E-state index >= 15 is 0 Å². The van der Waals surface area contributed by atoms with Crippen LogP contribution in [0.1, 0.15) is 22.3 Å². The van der Waals surface area contributed by atoms with Gasteiger partial charge in [-0.15, -0.1) is 0 Å². The summed E-state index contributed by atoms with van der Waals surface area (Å²) >= 11 is 0. The van der Waals surface area contributed by atoms with Gasteiger partial charge < -0.3 is 25.6 Å². The lowest BCUT2D eigenvalue weighted by molar-refractivity contribution is -0.137. The van der Waals surface area contributed by atoms with Crippen molar-refractivity contribution in [2.45, 2.75) is 26.2 Å². The van der Waals surface area contributed by atoms with E-state index < -0.39 is 27.6 Å². The van der Waals surface area contributed by atoms with Crippen molar-refractivity contribution in [3.8, 4) is 5.75 Å². The second-order valence-corrected chi connectivity index (χ2v) is 11.8. The highest BCUT2D eigenvalue weighted by atomic mass is 32.2. The van der Waals surface area contributed by atoms with Gasteiger partial charge in [-0.3, -0.25) is 4.31 Å². The monoisotopic (exact) mass is 595 g/mol. The smallest absolute Gasteiger partial charge is 0.421 e. The molecule has 0 fully saturated rings. The van der Waals surface area contributed by atoms with Gasteiger partial charge in [0.2, 0.25) is 16.0 Å². The van der Waals surface area contributed by atoms with Crippen molar-refractivity contribution in [1.82, 2.24) is 20.2 Å². The van der Waals surface area contributed by atoms with Crippen LogP contribution in [-0.2, 0) is 29.3 Å². The highest BCUT2D eigenvalue weighted by Crippen LogP contribution is 2.35. The van der Waals surface area contributed by atoms with Crippen molar-refractivity contribution < 1.29 is 26.3 Å². The number of likely N-dealkylation sites (N-methyl/N-ethyl adjacent to an activating group) is 1. The molecule has 3 aromatic rings. The highest BCUT2D eigenvalue weighted by molar-refractivity contribution is 7.92. The molecule has 3 N–H and O–H groups in total. The van der Waals surface area contributed by atoms with E-state index in [-0.39, 0.29) is 12.5 Å². The molecule has 0 saturated heterocycles. The van der Waals surface area contributed by atoms with E-state index in [1.54, 1.807) is 31.2 Å². The van der Waals surface area contributed by atoms with Crippen molar-refractivity contribution >= 4 is 33.2 Å². The average Bonchev–Trinajstić information content (AvgIpc) is 2.89. The number of benzene rings is 2. The molecule has 0 spiro atoms. The fraction of sp³-hybridized carbons (Fsp3) is 0.407. The molecule has 0 aliphatic rings. The predicted molar refractivity (Wildman–Crippen MR) is 155 cm³/mol. The molecule has 3 rings (SSSR count). The van der Waals surface area contributed by atoms with Gasteiger partial charge in [0.25, 0.3) is 0 Å². The number of alkyl halides is 3. The minimum absolute atomic E-state index is 0.0759. The standard InChI is InChI=1S/C27H36F3N7O3S/c1-18-7-9-20(23(13-18)37(4)41(6,38)39)16-32-25-21(27(28,29)30)17-33-26(35-25)34-22-10-8-19(14-24(22)40-5)15-31-11-12-36(2)3/h7-10,13-14,17,31H,11-12,15-16H2,1-6H3,(H2,32,33,34,35). The van der Waals surface area contributed by atoms with Gasteiger partial charge in [-0.2, -0.15) is 18.2 Å². The quantitative estimate of drug-likeness (QED) is 0.250. The van der Waals surface area contributed by atoms with Crippen molar-refractivity contribution in [2.75, 3.05) is 62.5 Å². The molecule has 0 aliphatic carbocycles. The summed E-state index contributed by atoms with van der Waals surface area (Å²) in [6.07, 6.45) is -2.97. The number of hydrogen-bond acceptors (Lipinski definition) is 9. The van der Waals surface area contributed by atoms with E-state index in [0.29, 0.717) is 35.4 Å². The Labute approximate surface area is 239 Å². The van der Waals surface area contributed by atoms with Crippen LogP contribution in [0.5, 0.6) is 5.75 Å². The molecule has 0 radical (unpaired) electrons. The number of sulfonamides is 1. The van der Waals surface area contributed by atoms with Crippen LogP contribution in [0, 0.1) is 6.92 Å². The van der Waals surface area contributed by atoms with Crippen LogP contribution in [-0.4, -0.2) is 70.9 Å². The molecule has 0 aliphatic heterocycles. The summed E-state index contributed by atoms with van der Waals surface area (Å²) in [4.78, 5) is 10.1. The lowest BCUT2D eigenvalue weighted by Crippen LogP contribution is -2.26. The van der Waals surface area contributed by atoms with Gasteiger partial charge in [0.1, 0.15) is 17.1 Å². The average molecular weight is 596 g/mol. The maximum absolute atomic E-state index is 13.8. The van der Waals surface area contributed by atoms with E-state index in [1.807, 2.05) is 26.2 Å². The van der Waals surface area contributed by atoms with Gasteiger partial charge in [-0.05, 0) is 55.9 Å². The number of rotatable bonds is 13. The summed E-state index contributed by atoms with van der Waals surface area (Å²) in [6.45, 7) is 3.99. The molecule has 0 bridgehead atoms. The Morgan fingerprint density at radius 3 is 2.41 bits per heavy atom. The highest BCUT2D eigenvalue weighted by Gasteiger charge is 2.35. The second-order valence-electron chi connectivity index (χ2n) is 9.81. The van der Waals surface area contributed by atoms with Gasteiger partial charge in [0.15, 0.2) is 0 Å². The largest absolute Gasteiger partial charge is 0.495 e. The lowest BCUT2D eigenvalue weighted by Gasteiger charge is -2.22. The molecule has 2 aromatic carbocycles. The van der Waals surface area contributed by atoms with Crippen LogP contribution < -0.4 is 25.0 Å². The third kappa shape index (κ3) is 8.93. The lowest BCUT2D eigenvalue weighted by atomic mass is 10.1. The van der Waals surface area contributed by atoms with E-state index in [4.69, 9.17) is 4.74 Å². The number of hydrogen-bond donors (Lipinski definition) is 3. The molecule has 0 saturated carbocycles. The second kappa shape index (κ2) is 13.4. The zero-order valence-corrected chi connectivity index (χ0v) is 24.7. The summed E-state index contributed by atoms with van der Waals surface area (Å²) in [6, 6.07) is 10.5. The molecule has 224 valence electrons. The SMILES string of the molecule is COc1cc(CNCCN(C)C)ccc1Nc1ncc(C(F)(F)F)c(NCc2ccc(C)cc2N(C)S(C)(=O)=O)n1. The first-order valence-electron chi connectivity index (χ1n) is 12.7. The van der Waals surface area contributed by atoms with Crippen LogP contribution in [0.2, 0.25) is 0 Å². The Morgan fingerprint density at radius 1 is 1.05 bits per heavy atom. The van der Waals surface area contributed by atoms with Gasteiger partial charge in [-0.1, -0.05) is 18.2 Å². The Hall–Kier alpha value is -3.62. The third-order valence-electron chi connectivity index (χ3n) is 6.20. The van der Waals surface area contributed by atoms with Gasteiger partial charge in [0.05, 0.1) is 24.7 Å². The van der Waals surface area contributed by atoms with E-state index in [0.717, 1.165) is 34.8 Å². The molecule has 0 atom stereocenters. The molecular formula is C27H36F3N7O3S. The van der Waals surface area contributed by atoms with E-state index in [9.17, 15) is 21.6 Å². The van der Waals surface area contributed by atoms with Crippen molar-refractivity contribution in [3.63, 3.8) is 0 Å². The number of ether oxygens (including phenoxy) is 1. The maximum atomic E-state index is 13.8. The van der Waals surface area contributed by atoms with Crippen LogP contribution >= 0.6 is 0 Å². The van der Waals surface area contributed by atoms with Crippen molar-refractivity contribution in [3.05, 3.63) is 64.8 Å². The predicted octanol–water partition coefficient (Wildman–Crippen LogP) is 4.22. The molecule has 1 aromatic heterocycles. The summed E-state index contributed by atoms with van der Waals surface area (Å²) in [5.41, 5.74) is 2.01. The number of methoxy groups -OCH3 is 1. The Balaban J connectivity index is 1.86. The zero-order chi connectivity index (χ0) is 30.4. The third-order valence-corrected chi connectivity index (χ3v) is 7.39. The topological polar surface area (TPSA) is 112 Å². The number of nitrogens with zero attached hydrogens (tertiary/aromatic N) is 4. The number of aromatic nitrogens is 2. The van der Waals surface area contributed by atoms with Crippen LogP contribution in [0.4, 0.5) is 36.3 Å². The molecular weight excluding hydrogens is 559 g/mol. The van der Waals surface area contributed by atoms with Crippen molar-refractivity contribution in [2.24, 2.45) is 0 Å².